The van der Waals surface area contributed by atoms with E-state index in [1.165, 1.54) is 24.3 Å². The average Bonchev–Trinajstić information content (AvgIpc) is 2.72. The molecule has 2 N–H and O–H groups in total. The Balaban J connectivity index is 1.42. The molecule has 0 aliphatic carbocycles. The lowest BCUT2D eigenvalue weighted by molar-refractivity contribution is -0.120. The maximum Gasteiger partial charge on any atom is 0.251 e. The molecule has 1 saturated heterocycles. The second kappa shape index (κ2) is 9.14. The highest BCUT2D eigenvalue weighted by Crippen LogP contribution is 2.16. The Labute approximate surface area is 157 Å². The molecule has 0 radical (unpaired) electrons. The number of rotatable bonds is 6. The summed E-state index contributed by atoms with van der Waals surface area (Å²) in [5.41, 5.74) is 2.42. The van der Waals surface area contributed by atoms with Crippen LogP contribution in [0.25, 0.3) is 0 Å². The van der Waals surface area contributed by atoms with Crippen LogP contribution in [0, 0.1) is 5.82 Å². The normalized spacial score (nSPS) is 13.9. The van der Waals surface area contributed by atoms with E-state index in [-0.39, 0.29) is 12.5 Å². The van der Waals surface area contributed by atoms with Crippen molar-refractivity contribution in [3.05, 3.63) is 65.5 Å². The Hall–Kier alpha value is -2.93. The molecular weight excluding hydrogens is 349 g/mol. The van der Waals surface area contributed by atoms with Crippen LogP contribution >= 0.6 is 0 Å². The van der Waals surface area contributed by atoms with E-state index in [2.05, 4.69) is 15.5 Å². The fourth-order valence-corrected chi connectivity index (χ4v) is 2.77. The molecule has 2 aromatic carbocycles. The number of halogens is 1. The molecule has 0 aromatic heterocycles. The van der Waals surface area contributed by atoms with Gasteiger partial charge in [0, 0.05) is 30.9 Å². The molecule has 0 atom stereocenters. The molecule has 6 nitrogen and oxygen atoms in total. The molecule has 0 unspecified atom stereocenters. The lowest BCUT2D eigenvalue weighted by atomic mass is 10.2. The highest BCUT2D eigenvalue weighted by atomic mass is 19.1. The predicted octanol–water partition coefficient (Wildman–Crippen LogP) is 1.71. The second-order valence-electron chi connectivity index (χ2n) is 6.23. The summed E-state index contributed by atoms with van der Waals surface area (Å²) in [6.45, 7) is 3.48. The highest BCUT2D eigenvalue weighted by Gasteiger charge is 2.11. The van der Waals surface area contributed by atoms with Crippen molar-refractivity contribution in [1.82, 2.24) is 10.6 Å². The quantitative estimate of drug-likeness (QED) is 0.811. The van der Waals surface area contributed by atoms with Crippen molar-refractivity contribution in [3.8, 4) is 0 Å². The van der Waals surface area contributed by atoms with Gasteiger partial charge in [0.05, 0.1) is 19.8 Å². The number of nitrogens with one attached hydrogen (secondary N) is 2. The van der Waals surface area contributed by atoms with Gasteiger partial charge in [0.2, 0.25) is 5.91 Å². The first-order chi connectivity index (χ1) is 13.1. The molecule has 1 heterocycles. The molecule has 0 bridgehead atoms. The van der Waals surface area contributed by atoms with Crippen LogP contribution in [0.4, 0.5) is 10.1 Å². The van der Waals surface area contributed by atoms with Crippen LogP contribution in [-0.4, -0.2) is 44.7 Å². The number of anilines is 1. The van der Waals surface area contributed by atoms with E-state index < -0.39 is 11.7 Å². The first-order valence-electron chi connectivity index (χ1n) is 8.84. The summed E-state index contributed by atoms with van der Waals surface area (Å²) in [4.78, 5) is 26.1. The SMILES string of the molecule is O=C(CNC(=O)c1ccc(F)cc1)NCc1ccc(N2CCOCC2)cc1. The minimum absolute atomic E-state index is 0.137. The second-order valence-corrected chi connectivity index (χ2v) is 6.23. The van der Waals surface area contributed by atoms with Crippen LogP contribution in [0.1, 0.15) is 15.9 Å². The topological polar surface area (TPSA) is 70.7 Å². The summed E-state index contributed by atoms with van der Waals surface area (Å²) in [6.07, 6.45) is 0. The number of carbonyl (C=O) groups excluding carboxylic acids is 2. The van der Waals surface area contributed by atoms with Crippen LogP contribution in [0.5, 0.6) is 0 Å². The van der Waals surface area contributed by atoms with Crippen LogP contribution in [0.3, 0.4) is 0 Å². The summed E-state index contributed by atoms with van der Waals surface area (Å²) in [5, 5.41) is 5.28. The van der Waals surface area contributed by atoms with Crippen molar-refractivity contribution >= 4 is 17.5 Å². The summed E-state index contributed by atoms with van der Waals surface area (Å²) in [5.74, 6) is -1.12. The van der Waals surface area contributed by atoms with Gasteiger partial charge in [0.1, 0.15) is 5.82 Å². The van der Waals surface area contributed by atoms with Crippen molar-refractivity contribution in [3.63, 3.8) is 0 Å². The Morgan fingerprint density at radius 1 is 0.963 bits per heavy atom. The minimum atomic E-state index is -0.417. The average molecular weight is 371 g/mol. The van der Waals surface area contributed by atoms with Crippen molar-refractivity contribution in [1.29, 1.82) is 0 Å². The predicted molar refractivity (Wildman–Crippen MR) is 100 cm³/mol. The van der Waals surface area contributed by atoms with Gasteiger partial charge in [-0.25, -0.2) is 4.39 Å². The zero-order chi connectivity index (χ0) is 19.1. The molecule has 2 aromatic rings. The molecule has 7 heteroatoms. The van der Waals surface area contributed by atoms with Crippen LogP contribution < -0.4 is 15.5 Å². The van der Waals surface area contributed by atoms with Gasteiger partial charge in [0.25, 0.3) is 5.91 Å². The summed E-state index contributed by atoms with van der Waals surface area (Å²) in [6, 6.07) is 13.2. The Bertz CT molecular complexity index is 772. The van der Waals surface area contributed by atoms with Gasteiger partial charge in [0.15, 0.2) is 0 Å². The number of nitrogens with zero attached hydrogens (tertiary/aromatic N) is 1. The van der Waals surface area contributed by atoms with E-state index in [0.29, 0.717) is 12.1 Å². The third kappa shape index (κ3) is 5.52. The van der Waals surface area contributed by atoms with Crippen LogP contribution in [0.15, 0.2) is 48.5 Å². The number of benzene rings is 2. The number of amides is 2. The Morgan fingerprint density at radius 2 is 1.63 bits per heavy atom. The smallest absolute Gasteiger partial charge is 0.251 e. The third-order valence-corrected chi connectivity index (χ3v) is 4.32. The van der Waals surface area contributed by atoms with Crippen molar-refractivity contribution in [2.75, 3.05) is 37.7 Å². The number of hydrogen-bond donors (Lipinski definition) is 2. The number of hydrogen-bond acceptors (Lipinski definition) is 4. The fraction of sp³-hybridized carbons (Fsp3) is 0.300. The molecule has 1 aliphatic heterocycles. The van der Waals surface area contributed by atoms with Gasteiger partial charge in [-0.15, -0.1) is 0 Å². The van der Waals surface area contributed by atoms with Crippen LogP contribution in [0.2, 0.25) is 0 Å². The molecule has 142 valence electrons. The van der Waals surface area contributed by atoms with Gasteiger partial charge < -0.3 is 20.3 Å². The monoisotopic (exact) mass is 371 g/mol. The van der Waals surface area contributed by atoms with Crippen molar-refractivity contribution in [2.45, 2.75) is 6.54 Å². The largest absolute Gasteiger partial charge is 0.378 e. The zero-order valence-corrected chi connectivity index (χ0v) is 14.9. The molecule has 3 rings (SSSR count). The third-order valence-electron chi connectivity index (χ3n) is 4.32. The zero-order valence-electron chi connectivity index (χ0n) is 14.9. The lowest BCUT2D eigenvalue weighted by Crippen LogP contribution is -2.36. The lowest BCUT2D eigenvalue weighted by Gasteiger charge is -2.28. The maximum absolute atomic E-state index is 12.9. The Morgan fingerprint density at radius 3 is 2.30 bits per heavy atom. The number of ether oxygens (including phenoxy) is 1. The molecule has 0 saturated carbocycles. The summed E-state index contributed by atoms with van der Waals surface area (Å²) in [7, 11) is 0. The maximum atomic E-state index is 12.9. The first-order valence-corrected chi connectivity index (χ1v) is 8.84. The first kappa shape index (κ1) is 18.8. The standard InChI is InChI=1S/C20H22FN3O3/c21-17-5-3-16(4-6-17)20(26)23-14-19(25)22-13-15-1-7-18(8-2-15)24-9-11-27-12-10-24/h1-8H,9-14H2,(H,22,25)(H,23,26). The molecule has 1 fully saturated rings. The van der Waals surface area contributed by atoms with Crippen molar-refractivity contribution in [2.24, 2.45) is 0 Å². The van der Waals surface area contributed by atoms with Gasteiger partial charge in [-0.2, -0.15) is 0 Å². The van der Waals surface area contributed by atoms with E-state index >= 15 is 0 Å². The summed E-state index contributed by atoms with van der Waals surface area (Å²) < 4.78 is 18.2. The molecule has 0 spiro atoms. The number of morpholine rings is 1. The van der Waals surface area contributed by atoms with Gasteiger partial charge in [-0.3, -0.25) is 9.59 Å². The molecule has 1 aliphatic rings. The van der Waals surface area contributed by atoms with E-state index in [1.54, 1.807) is 0 Å². The van der Waals surface area contributed by atoms with Gasteiger partial charge >= 0.3 is 0 Å². The number of carbonyl (C=O) groups is 2. The molecule has 27 heavy (non-hydrogen) atoms. The Kier molecular flexibility index (Phi) is 6.38. The van der Waals surface area contributed by atoms with Crippen LogP contribution in [-0.2, 0) is 16.1 Å². The summed E-state index contributed by atoms with van der Waals surface area (Å²) >= 11 is 0. The highest BCUT2D eigenvalue weighted by molar-refractivity contribution is 5.96. The van der Waals surface area contributed by atoms with E-state index in [0.717, 1.165) is 37.6 Å². The molecular formula is C20H22FN3O3. The fourth-order valence-electron chi connectivity index (χ4n) is 2.77. The minimum Gasteiger partial charge on any atom is -0.378 e. The molecule has 2 amide bonds. The van der Waals surface area contributed by atoms with E-state index in [4.69, 9.17) is 4.74 Å². The van der Waals surface area contributed by atoms with E-state index in [1.807, 2.05) is 24.3 Å². The van der Waals surface area contributed by atoms with Crippen molar-refractivity contribution < 1.29 is 18.7 Å². The van der Waals surface area contributed by atoms with Gasteiger partial charge in [-0.05, 0) is 42.0 Å². The van der Waals surface area contributed by atoms with Gasteiger partial charge in [-0.1, -0.05) is 12.1 Å². The van der Waals surface area contributed by atoms with E-state index in [9.17, 15) is 14.0 Å².